The van der Waals surface area contributed by atoms with Gasteiger partial charge in [0.15, 0.2) is 5.78 Å². The number of ketones is 1. The van der Waals surface area contributed by atoms with E-state index in [-0.39, 0.29) is 63.2 Å². The summed E-state index contributed by atoms with van der Waals surface area (Å²) in [5.74, 6) is 1.08. The zero-order valence-corrected chi connectivity index (χ0v) is 25.0. The van der Waals surface area contributed by atoms with E-state index in [1.54, 1.807) is 0 Å². The van der Waals surface area contributed by atoms with Crippen LogP contribution in [0.2, 0.25) is 0 Å². The molecule has 5 aliphatic rings. The van der Waals surface area contributed by atoms with E-state index in [9.17, 15) is 14.7 Å². The molecule has 0 amide bonds. The lowest BCUT2D eigenvalue weighted by Crippen LogP contribution is -2.66. The van der Waals surface area contributed by atoms with Gasteiger partial charge in [0.1, 0.15) is 5.76 Å². The van der Waals surface area contributed by atoms with Gasteiger partial charge in [-0.25, -0.2) is 0 Å². The molecule has 1 unspecified atom stereocenters. The van der Waals surface area contributed by atoms with Crippen LogP contribution in [0, 0.1) is 44.8 Å². The maximum atomic E-state index is 14.5. The maximum absolute atomic E-state index is 14.5. The fourth-order valence-corrected chi connectivity index (χ4v) is 11.2. The SMILES string of the molecule is COC(=O)[C@]12CCC(C)(C)C[C@H]1[C@H]1C(=O)C=C3[C@@]4(C)Cc5cnoc5[C@@](C)(CCO)C4CC[C@@]3(C)[C@]1(C)CC2. The zero-order valence-electron chi connectivity index (χ0n) is 25.0. The van der Waals surface area contributed by atoms with Crippen molar-refractivity contribution in [3.63, 3.8) is 0 Å². The van der Waals surface area contributed by atoms with Gasteiger partial charge in [0.25, 0.3) is 0 Å². The number of methoxy groups -OCH3 is 1. The standard InChI is InChI=1S/C33H47NO5/c1-28(2)10-12-33(27(37)38-7)13-11-32(6)25(21(33)18-28)22(36)16-24-30(4)17-20-19-34-39-26(20)29(3,14-15-35)23(30)8-9-31(24,32)5/h16,19,21,23,25,35H,8-15,17-18H2,1-7H3/t21-,23?,25-,29-,30-,31+,32+,33-/m0/s1. The number of aliphatic hydroxyl groups excluding tert-OH is 1. The van der Waals surface area contributed by atoms with Gasteiger partial charge in [-0.2, -0.15) is 0 Å². The van der Waals surface area contributed by atoms with E-state index in [2.05, 4.69) is 46.7 Å². The van der Waals surface area contributed by atoms with Crippen LogP contribution in [0.3, 0.4) is 0 Å². The predicted molar refractivity (Wildman–Crippen MR) is 148 cm³/mol. The van der Waals surface area contributed by atoms with Crippen LogP contribution in [0.5, 0.6) is 0 Å². The molecule has 0 aliphatic heterocycles. The van der Waals surface area contributed by atoms with Gasteiger partial charge in [0.05, 0.1) is 18.7 Å². The molecule has 3 fully saturated rings. The number of esters is 1. The molecule has 1 aromatic heterocycles. The number of rotatable bonds is 3. The monoisotopic (exact) mass is 537 g/mol. The van der Waals surface area contributed by atoms with Crippen molar-refractivity contribution in [2.45, 2.75) is 105 Å². The molecule has 0 aromatic carbocycles. The molecule has 214 valence electrons. The summed E-state index contributed by atoms with van der Waals surface area (Å²) in [6.07, 6.45) is 11.6. The van der Waals surface area contributed by atoms with Gasteiger partial charge in [-0.3, -0.25) is 9.59 Å². The number of nitrogens with zero attached hydrogens (tertiary/aromatic N) is 1. The molecule has 0 bridgehead atoms. The minimum absolute atomic E-state index is 0.00390. The number of aliphatic hydroxyl groups is 1. The van der Waals surface area contributed by atoms with Crippen molar-refractivity contribution in [1.29, 1.82) is 0 Å². The lowest BCUT2D eigenvalue weighted by molar-refractivity contribution is -0.191. The summed E-state index contributed by atoms with van der Waals surface area (Å²) in [4.78, 5) is 28.0. The summed E-state index contributed by atoms with van der Waals surface area (Å²) in [5.41, 5.74) is 0.960. The first-order valence-electron chi connectivity index (χ1n) is 15.1. The Morgan fingerprint density at radius 3 is 2.51 bits per heavy atom. The van der Waals surface area contributed by atoms with Crippen LogP contribution in [0.25, 0.3) is 0 Å². The fraction of sp³-hybridized carbons (Fsp3) is 0.788. The Hall–Kier alpha value is -1.95. The number of ether oxygens (including phenoxy) is 1. The van der Waals surface area contributed by atoms with Gasteiger partial charge >= 0.3 is 5.97 Å². The summed E-state index contributed by atoms with van der Waals surface area (Å²) in [5, 5.41) is 14.3. The van der Waals surface area contributed by atoms with Crippen LogP contribution in [0.1, 0.15) is 104 Å². The van der Waals surface area contributed by atoms with E-state index in [1.165, 1.54) is 12.7 Å². The van der Waals surface area contributed by atoms with Crippen molar-refractivity contribution in [2.75, 3.05) is 13.7 Å². The van der Waals surface area contributed by atoms with E-state index >= 15 is 0 Å². The van der Waals surface area contributed by atoms with Gasteiger partial charge in [-0.1, -0.05) is 52.3 Å². The molecule has 0 radical (unpaired) electrons. The molecule has 6 heteroatoms. The first kappa shape index (κ1) is 27.2. The van der Waals surface area contributed by atoms with E-state index < -0.39 is 5.41 Å². The van der Waals surface area contributed by atoms with Crippen LogP contribution in [-0.2, 0) is 26.2 Å². The van der Waals surface area contributed by atoms with E-state index in [0.717, 1.165) is 62.7 Å². The Kier molecular flexibility index (Phi) is 5.79. The Balaban J connectivity index is 1.50. The van der Waals surface area contributed by atoms with Crippen LogP contribution in [0.4, 0.5) is 0 Å². The second-order valence-corrected chi connectivity index (χ2v) is 15.6. The Morgan fingerprint density at radius 2 is 1.82 bits per heavy atom. The number of allylic oxidation sites excluding steroid dienone is 2. The van der Waals surface area contributed by atoms with Gasteiger partial charge in [0, 0.05) is 23.5 Å². The smallest absolute Gasteiger partial charge is 0.312 e. The van der Waals surface area contributed by atoms with E-state index in [4.69, 9.17) is 9.26 Å². The molecule has 0 saturated heterocycles. The molecule has 1 N–H and O–H groups in total. The van der Waals surface area contributed by atoms with E-state index in [1.807, 2.05) is 12.3 Å². The van der Waals surface area contributed by atoms with Crippen LogP contribution in [-0.4, -0.2) is 35.7 Å². The second-order valence-electron chi connectivity index (χ2n) is 15.6. The number of hydrogen-bond acceptors (Lipinski definition) is 6. The van der Waals surface area contributed by atoms with Gasteiger partial charge in [0.2, 0.25) is 0 Å². The third kappa shape index (κ3) is 3.27. The number of aromatic nitrogens is 1. The molecule has 1 heterocycles. The van der Waals surface area contributed by atoms with Crippen LogP contribution < -0.4 is 0 Å². The summed E-state index contributed by atoms with van der Waals surface area (Å²) in [7, 11) is 1.51. The number of fused-ring (bicyclic) bond motifs is 8. The third-order valence-electron chi connectivity index (χ3n) is 13.4. The van der Waals surface area contributed by atoms with Gasteiger partial charge in [-0.05, 0) is 97.4 Å². The topological polar surface area (TPSA) is 89.6 Å². The van der Waals surface area contributed by atoms with Crippen LogP contribution in [0.15, 0.2) is 22.4 Å². The Bertz CT molecular complexity index is 1250. The highest BCUT2D eigenvalue weighted by molar-refractivity contribution is 5.96. The molecule has 1 aromatic rings. The first-order chi connectivity index (χ1) is 18.2. The van der Waals surface area contributed by atoms with Crippen molar-refractivity contribution in [2.24, 2.45) is 44.8 Å². The van der Waals surface area contributed by atoms with Gasteiger partial charge in [-0.15, -0.1) is 0 Å². The quantitative estimate of drug-likeness (QED) is 0.462. The van der Waals surface area contributed by atoms with Gasteiger partial charge < -0.3 is 14.4 Å². The molecule has 6 rings (SSSR count). The molecular formula is C33H47NO5. The molecular weight excluding hydrogens is 490 g/mol. The number of carbonyl (C=O) groups excluding carboxylic acids is 2. The van der Waals surface area contributed by atoms with Crippen molar-refractivity contribution in [3.8, 4) is 0 Å². The summed E-state index contributed by atoms with van der Waals surface area (Å²) in [6, 6.07) is 0. The lowest BCUT2D eigenvalue weighted by atomic mass is 9.34. The molecule has 39 heavy (non-hydrogen) atoms. The molecule has 5 aliphatic carbocycles. The van der Waals surface area contributed by atoms with E-state index in [0.29, 0.717) is 6.42 Å². The summed E-state index contributed by atoms with van der Waals surface area (Å²) < 4.78 is 11.3. The van der Waals surface area contributed by atoms with Crippen molar-refractivity contribution in [3.05, 3.63) is 29.2 Å². The largest absolute Gasteiger partial charge is 0.469 e. The minimum atomic E-state index is -0.561. The Labute approximate surface area is 233 Å². The Morgan fingerprint density at radius 1 is 1.10 bits per heavy atom. The second kappa shape index (κ2) is 8.30. The van der Waals surface area contributed by atoms with Crippen LogP contribution >= 0.6 is 0 Å². The highest BCUT2D eigenvalue weighted by Crippen LogP contribution is 2.75. The molecule has 0 spiro atoms. The average Bonchev–Trinajstić information content (AvgIpc) is 3.34. The fourth-order valence-electron chi connectivity index (χ4n) is 11.2. The third-order valence-corrected chi connectivity index (χ3v) is 13.4. The normalized spacial score (nSPS) is 46.1. The predicted octanol–water partition coefficient (Wildman–Crippen LogP) is 6.20. The average molecular weight is 538 g/mol. The molecule has 8 atom stereocenters. The highest BCUT2D eigenvalue weighted by Gasteiger charge is 2.71. The molecule has 6 nitrogen and oxygen atoms in total. The number of hydrogen-bond donors (Lipinski definition) is 1. The first-order valence-corrected chi connectivity index (χ1v) is 15.1. The van der Waals surface area contributed by atoms with Crippen molar-refractivity contribution < 1.29 is 24.0 Å². The highest BCUT2D eigenvalue weighted by atomic mass is 16.5. The summed E-state index contributed by atoms with van der Waals surface area (Å²) in [6.45, 7) is 14.1. The van der Waals surface area contributed by atoms with Crippen molar-refractivity contribution in [1.82, 2.24) is 5.16 Å². The lowest BCUT2D eigenvalue weighted by Gasteiger charge is -2.69. The number of carbonyl (C=O) groups is 2. The molecule has 3 saturated carbocycles. The van der Waals surface area contributed by atoms with Crippen molar-refractivity contribution >= 4 is 11.8 Å². The minimum Gasteiger partial charge on any atom is -0.469 e. The zero-order chi connectivity index (χ0) is 28.2. The summed E-state index contributed by atoms with van der Waals surface area (Å²) >= 11 is 0. The maximum Gasteiger partial charge on any atom is 0.312 e.